The molecule has 0 bridgehead atoms. The number of rotatable bonds is 5. The molecule has 1 N–H and O–H groups in total. The molecule has 1 aliphatic heterocycles. The molecule has 1 saturated heterocycles. The highest BCUT2D eigenvalue weighted by Crippen LogP contribution is 2.35. The third kappa shape index (κ3) is 3.24. The van der Waals surface area contributed by atoms with Crippen molar-refractivity contribution in [2.75, 3.05) is 13.1 Å². The highest BCUT2D eigenvalue weighted by molar-refractivity contribution is 5.78. The summed E-state index contributed by atoms with van der Waals surface area (Å²) in [5.74, 6) is -0.117. The molecule has 1 aliphatic rings. The number of carbonyl (C=O) groups is 2. The van der Waals surface area contributed by atoms with E-state index in [-0.39, 0.29) is 5.91 Å². The lowest BCUT2D eigenvalue weighted by Crippen LogP contribution is -2.46. The van der Waals surface area contributed by atoms with Crippen molar-refractivity contribution in [2.45, 2.75) is 52.9 Å². The van der Waals surface area contributed by atoms with E-state index in [4.69, 9.17) is 0 Å². The largest absolute Gasteiger partial charge is 0.481 e. The lowest BCUT2D eigenvalue weighted by Gasteiger charge is -2.38. The molecule has 1 fully saturated rings. The Balaban J connectivity index is 2.53. The average molecular weight is 255 g/mol. The fourth-order valence-corrected chi connectivity index (χ4v) is 2.47. The number of hydrogen-bond donors (Lipinski definition) is 1. The van der Waals surface area contributed by atoms with Crippen LogP contribution in [-0.4, -0.2) is 35.0 Å². The van der Waals surface area contributed by atoms with Crippen LogP contribution in [0.2, 0.25) is 0 Å². The minimum Gasteiger partial charge on any atom is -0.481 e. The summed E-state index contributed by atoms with van der Waals surface area (Å²) in [6.45, 7) is 7.27. The molecular weight excluding hydrogens is 230 g/mol. The van der Waals surface area contributed by atoms with Gasteiger partial charge in [0.15, 0.2) is 0 Å². The normalized spacial score (nSPS) is 20.5. The number of carboxylic acids is 1. The van der Waals surface area contributed by atoms with E-state index in [9.17, 15) is 14.7 Å². The standard InChI is InChI=1S/C14H25NO3/c1-4-11(3)10-12(16)15-8-6-14(5-2,7-9-15)13(17)18/h11H,4-10H2,1-3H3,(H,17,18). The first-order valence-corrected chi connectivity index (χ1v) is 6.96. The van der Waals surface area contributed by atoms with Crippen molar-refractivity contribution in [3.05, 3.63) is 0 Å². The van der Waals surface area contributed by atoms with E-state index in [1.54, 1.807) is 0 Å². The Labute approximate surface area is 109 Å². The first-order valence-electron chi connectivity index (χ1n) is 6.96. The second-order valence-corrected chi connectivity index (χ2v) is 5.54. The molecule has 0 aromatic rings. The van der Waals surface area contributed by atoms with Gasteiger partial charge in [-0.05, 0) is 25.2 Å². The van der Waals surface area contributed by atoms with Crippen molar-refractivity contribution in [1.29, 1.82) is 0 Å². The zero-order chi connectivity index (χ0) is 13.8. The van der Waals surface area contributed by atoms with Gasteiger partial charge in [0.1, 0.15) is 0 Å². The molecule has 1 heterocycles. The zero-order valence-electron chi connectivity index (χ0n) is 11.7. The lowest BCUT2D eigenvalue weighted by atomic mass is 9.76. The van der Waals surface area contributed by atoms with E-state index >= 15 is 0 Å². The van der Waals surface area contributed by atoms with Gasteiger partial charge in [0.25, 0.3) is 0 Å². The van der Waals surface area contributed by atoms with Crippen molar-refractivity contribution >= 4 is 11.9 Å². The van der Waals surface area contributed by atoms with Crippen LogP contribution < -0.4 is 0 Å². The van der Waals surface area contributed by atoms with E-state index in [2.05, 4.69) is 13.8 Å². The molecule has 104 valence electrons. The van der Waals surface area contributed by atoms with Crippen molar-refractivity contribution in [1.82, 2.24) is 4.90 Å². The third-order valence-corrected chi connectivity index (χ3v) is 4.42. The van der Waals surface area contributed by atoms with Crippen LogP contribution in [-0.2, 0) is 9.59 Å². The molecule has 1 amide bonds. The van der Waals surface area contributed by atoms with Gasteiger partial charge in [-0.2, -0.15) is 0 Å². The van der Waals surface area contributed by atoms with Gasteiger partial charge < -0.3 is 10.0 Å². The molecule has 18 heavy (non-hydrogen) atoms. The van der Waals surface area contributed by atoms with Gasteiger partial charge in [0.05, 0.1) is 5.41 Å². The molecule has 1 unspecified atom stereocenters. The molecule has 0 aromatic carbocycles. The highest BCUT2D eigenvalue weighted by atomic mass is 16.4. The van der Waals surface area contributed by atoms with Crippen LogP contribution >= 0.6 is 0 Å². The monoisotopic (exact) mass is 255 g/mol. The van der Waals surface area contributed by atoms with Crippen LogP contribution in [0.1, 0.15) is 52.9 Å². The number of nitrogens with zero attached hydrogens (tertiary/aromatic N) is 1. The Bertz CT molecular complexity index is 306. The number of hydrogen-bond acceptors (Lipinski definition) is 2. The van der Waals surface area contributed by atoms with Gasteiger partial charge in [-0.15, -0.1) is 0 Å². The number of piperidine rings is 1. The van der Waals surface area contributed by atoms with Crippen molar-refractivity contribution in [2.24, 2.45) is 11.3 Å². The summed E-state index contributed by atoms with van der Waals surface area (Å²) < 4.78 is 0. The van der Waals surface area contributed by atoms with Crippen LogP contribution in [0.3, 0.4) is 0 Å². The van der Waals surface area contributed by atoms with Crippen LogP contribution in [0.5, 0.6) is 0 Å². The molecule has 0 radical (unpaired) electrons. The van der Waals surface area contributed by atoms with Crippen LogP contribution in [0.4, 0.5) is 0 Å². The summed E-state index contributed by atoms with van der Waals surface area (Å²) in [5.41, 5.74) is -0.604. The van der Waals surface area contributed by atoms with Gasteiger partial charge in [-0.1, -0.05) is 27.2 Å². The van der Waals surface area contributed by atoms with E-state index in [1.165, 1.54) is 0 Å². The average Bonchev–Trinajstić information content (AvgIpc) is 2.38. The van der Waals surface area contributed by atoms with Crippen LogP contribution in [0, 0.1) is 11.3 Å². The molecule has 4 nitrogen and oxygen atoms in total. The van der Waals surface area contributed by atoms with E-state index < -0.39 is 11.4 Å². The first kappa shape index (κ1) is 15.0. The molecule has 0 aromatic heterocycles. The molecule has 4 heteroatoms. The first-order chi connectivity index (χ1) is 8.45. The SMILES string of the molecule is CCC(C)CC(=O)N1CCC(CC)(C(=O)O)CC1. The Morgan fingerprint density at radius 1 is 1.28 bits per heavy atom. The quantitative estimate of drug-likeness (QED) is 0.821. The Kier molecular flexibility index (Phi) is 5.17. The second-order valence-electron chi connectivity index (χ2n) is 5.54. The fraction of sp³-hybridized carbons (Fsp3) is 0.857. The molecular formula is C14H25NO3. The summed E-state index contributed by atoms with van der Waals surface area (Å²) in [7, 11) is 0. The minimum absolute atomic E-state index is 0.180. The smallest absolute Gasteiger partial charge is 0.309 e. The Hall–Kier alpha value is -1.06. The topological polar surface area (TPSA) is 57.6 Å². The summed E-state index contributed by atoms with van der Waals surface area (Å²) in [4.78, 5) is 25.2. The number of likely N-dealkylation sites (tertiary alicyclic amines) is 1. The number of aliphatic carboxylic acids is 1. The zero-order valence-corrected chi connectivity index (χ0v) is 11.7. The summed E-state index contributed by atoms with van der Waals surface area (Å²) >= 11 is 0. The maximum absolute atomic E-state index is 12.0. The van der Waals surface area contributed by atoms with E-state index in [1.807, 2.05) is 11.8 Å². The Morgan fingerprint density at radius 2 is 1.83 bits per heavy atom. The highest BCUT2D eigenvalue weighted by Gasteiger charge is 2.40. The van der Waals surface area contributed by atoms with Gasteiger partial charge in [-0.3, -0.25) is 9.59 Å². The predicted molar refractivity (Wildman–Crippen MR) is 70.2 cm³/mol. The molecule has 0 saturated carbocycles. The molecule has 0 aliphatic carbocycles. The molecule has 1 atom stereocenters. The number of carboxylic acid groups (broad SMARTS) is 1. The summed E-state index contributed by atoms with van der Waals surface area (Å²) in [5, 5.41) is 9.29. The molecule has 1 rings (SSSR count). The third-order valence-electron chi connectivity index (χ3n) is 4.42. The van der Waals surface area contributed by atoms with E-state index in [0.717, 1.165) is 6.42 Å². The minimum atomic E-state index is -0.709. The molecule has 0 spiro atoms. The van der Waals surface area contributed by atoms with Crippen molar-refractivity contribution in [3.8, 4) is 0 Å². The van der Waals surface area contributed by atoms with Crippen molar-refractivity contribution < 1.29 is 14.7 Å². The maximum Gasteiger partial charge on any atom is 0.309 e. The van der Waals surface area contributed by atoms with Crippen LogP contribution in [0.15, 0.2) is 0 Å². The van der Waals surface area contributed by atoms with E-state index in [0.29, 0.717) is 44.7 Å². The van der Waals surface area contributed by atoms with Gasteiger partial charge in [0.2, 0.25) is 5.91 Å². The van der Waals surface area contributed by atoms with Gasteiger partial charge in [0, 0.05) is 19.5 Å². The summed E-state index contributed by atoms with van der Waals surface area (Å²) in [6, 6.07) is 0. The maximum atomic E-state index is 12.0. The Morgan fingerprint density at radius 3 is 2.22 bits per heavy atom. The fourth-order valence-electron chi connectivity index (χ4n) is 2.47. The summed E-state index contributed by atoms with van der Waals surface area (Å²) in [6.07, 6.45) is 3.42. The van der Waals surface area contributed by atoms with Gasteiger partial charge in [-0.25, -0.2) is 0 Å². The second kappa shape index (κ2) is 6.21. The predicted octanol–water partition coefficient (Wildman–Crippen LogP) is 2.53. The number of amides is 1. The van der Waals surface area contributed by atoms with Crippen LogP contribution in [0.25, 0.3) is 0 Å². The van der Waals surface area contributed by atoms with Crippen molar-refractivity contribution in [3.63, 3.8) is 0 Å². The lowest BCUT2D eigenvalue weighted by molar-refractivity contribution is -0.154. The number of carbonyl (C=O) groups excluding carboxylic acids is 1. The van der Waals surface area contributed by atoms with Gasteiger partial charge >= 0.3 is 5.97 Å².